The molecule has 3 rings (SSSR count). The molecule has 1 atom stereocenters. The highest BCUT2D eigenvalue weighted by atomic mass is 32.2. The van der Waals surface area contributed by atoms with Crippen molar-refractivity contribution in [3.63, 3.8) is 0 Å². The SMILES string of the molecule is CCNC(=NCc1ccccc1CN(C)Cc1ccco1)NC1CCS(=O)(=O)C1. The molecule has 0 saturated carbocycles. The highest BCUT2D eigenvalue weighted by Crippen LogP contribution is 2.15. The lowest BCUT2D eigenvalue weighted by atomic mass is 10.1. The van der Waals surface area contributed by atoms with Gasteiger partial charge in [-0.3, -0.25) is 4.90 Å². The Bertz CT molecular complexity index is 910. The Morgan fingerprint density at radius 3 is 2.66 bits per heavy atom. The van der Waals surface area contributed by atoms with Crippen LogP contribution in [0.2, 0.25) is 0 Å². The molecule has 1 fully saturated rings. The van der Waals surface area contributed by atoms with Crippen LogP contribution in [-0.2, 0) is 29.5 Å². The fourth-order valence-corrected chi connectivity index (χ4v) is 5.14. The molecule has 8 heteroatoms. The molecule has 158 valence electrons. The zero-order valence-corrected chi connectivity index (χ0v) is 17.9. The maximum atomic E-state index is 11.7. The molecule has 0 amide bonds. The average Bonchev–Trinajstić information content (AvgIpc) is 3.30. The smallest absolute Gasteiger partial charge is 0.191 e. The highest BCUT2D eigenvalue weighted by Gasteiger charge is 2.28. The first-order valence-corrected chi connectivity index (χ1v) is 11.8. The molecule has 1 saturated heterocycles. The molecule has 1 aromatic carbocycles. The quantitative estimate of drug-likeness (QED) is 0.505. The summed E-state index contributed by atoms with van der Waals surface area (Å²) in [6, 6.07) is 12.1. The molecule has 0 radical (unpaired) electrons. The summed E-state index contributed by atoms with van der Waals surface area (Å²) in [5.41, 5.74) is 2.36. The van der Waals surface area contributed by atoms with Gasteiger partial charge in [-0.15, -0.1) is 0 Å². The molecule has 0 bridgehead atoms. The Kier molecular flexibility index (Phi) is 7.33. The molecular formula is C21H30N4O3S. The lowest BCUT2D eigenvalue weighted by Crippen LogP contribution is -2.44. The number of hydrogen-bond donors (Lipinski definition) is 2. The third-order valence-electron chi connectivity index (χ3n) is 4.89. The zero-order valence-electron chi connectivity index (χ0n) is 17.1. The molecule has 2 aromatic rings. The summed E-state index contributed by atoms with van der Waals surface area (Å²) in [5.74, 6) is 2.02. The number of benzene rings is 1. The molecule has 0 spiro atoms. The molecule has 1 aliphatic heterocycles. The van der Waals surface area contributed by atoms with Crippen molar-refractivity contribution < 1.29 is 12.8 Å². The maximum absolute atomic E-state index is 11.7. The summed E-state index contributed by atoms with van der Waals surface area (Å²) in [6.45, 7) is 4.78. The van der Waals surface area contributed by atoms with Gasteiger partial charge >= 0.3 is 0 Å². The first-order chi connectivity index (χ1) is 13.9. The van der Waals surface area contributed by atoms with Crippen molar-refractivity contribution in [1.82, 2.24) is 15.5 Å². The number of nitrogens with one attached hydrogen (secondary N) is 2. The summed E-state index contributed by atoms with van der Waals surface area (Å²) in [7, 11) is -0.859. The molecule has 0 aliphatic carbocycles. The summed E-state index contributed by atoms with van der Waals surface area (Å²) >= 11 is 0. The van der Waals surface area contributed by atoms with Crippen LogP contribution in [0.1, 0.15) is 30.2 Å². The number of hydrogen-bond acceptors (Lipinski definition) is 5. The monoisotopic (exact) mass is 418 g/mol. The lowest BCUT2D eigenvalue weighted by Gasteiger charge is -2.18. The fourth-order valence-electron chi connectivity index (χ4n) is 3.47. The standard InChI is InChI=1S/C21H30N4O3S/c1-3-22-21(24-19-10-12-29(26,27)16-19)23-13-17-7-4-5-8-18(17)14-25(2)15-20-9-6-11-28-20/h4-9,11,19H,3,10,12-16H2,1-2H3,(H2,22,23,24). The number of nitrogens with zero attached hydrogens (tertiary/aromatic N) is 2. The third kappa shape index (κ3) is 6.61. The first kappa shape index (κ1) is 21.4. The average molecular weight is 419 g/mol. The van der Waals surface area contributed by atoms with Crippen molar-refractivity contribution in [3.8, 4) is 0 Å². The van der Waals surface area contributed by atoms with Gasteiger partial charge in [-0.2, -0.15) is 0 Å². The van der Waals surface area contributed by atoms with E-state index in [0.717, 1.165) is 31.0 Å². The second-order valence-corrected chi connectivity index (χ2v) is 9.69. The first-order valence-electron chi connectivity index (χ1n) is 9.98. The number of guanidine groups is 1. The summed E-state index contributed by atoms with van der Waals surface area (Å²) in [5, 5.41) is 6.49. The molecular weight excluding hydrogens is 388 g/mol. The van der Waals surface area contributed by atoms with Crippen LogP contribution in [-0.4, -0.2) is 50.4 Å². The van der Waals surface area contributed by atoms with Gasteiger partial charge in [-0.25, -0.2) is 13.4 Å². The predicted molar refractivity (Wildman–Crippen MR) is 115 cm³/mol. The van der Waals surface area contributed by atoms with Crippen LogP contribution in [0.15, 0.2) is 52.1 Å². The maximum Gasteiger partial charge on any atom is 0.191 e. The number of sulfone groups is 1. The van der Waals surface area contributed by atoms with Crippen LogP contribution in [0, 0.1) is 0 Å². The minimum absolute atomic E-state index is 0.0764. The minimum atomic E-state index is -2.92. The van der Waals surface area contributed by atoms with Gasteiger partial charge < -0.3 is 15.1 Å². The Morgan fingerprint density at radius 1 is 1.21 bits per heavy atom. The van der Waals surface area contributed by atoms with Gasteiger partial charge in [0.25, 0.3) is 0 Å². The van der Waals surface area contributed by atoms with Crippen molar-refractivity contribution in [2.75, 3.05) is 25.1 Å². The summed E-state index contributed by atoms with van der Waals surface area (Å²) < 4.78 is 28.9. The third-order valence-corrected chi connectivity index (χ3v) is 6.66. The van der Waals surface area contributed by atoms with E-state index in [4.69, 9.17) is 9.41 Å². The van der Waals surface area contributed by atoms with E-state index < -0.39 is 9.84 Å². The van der Waals surface area contributed by atoms with E-state index >= 15 is 0 Å². The van der Waals surface area contributed by atoms with E-state index in [9.17, 15) is 8.42 Å². The van der Waals surface area contributed by atoms with Crippen LogP contribution < -0.4 is 10.6 Å². The highest BCUT2D eigenvalue weighted by molar-refractivity contribution is 7.91. The number of furan rings is 1. The van der Waals surface area contributed by atoms with E-state index in [1.807, 2.05) is 31.2 Å². The van der Waals surface area contributed by atoms with Gasteiger partial charge in [0.1, 0.15) is 5.76 Å². The molecule has 2 heterocycles. The van der Waals surface area contributed by atoms with E-state index in [1.165, 1.54) is 5.56 Å². The lowest BCUT2D eigenvalue weighted by molar-refractivity contribution is 0.287. The van der Waals surface area contributed by atoms with Gasteiger partial charge in [0.05, 0.1) is 30.9 Å². The van der Waals surface area contributed by atoms with Crippen molar-refractivity contribution in [2.24, 2.45) is 4.99 Å². The Balaban J connectivity index is 1.64. The Hall–Kier alpha value is -2.32. The normalized spacial score (nSPS) is 18.9. The van der Waals surface area contributed by atoms with Crippen molar-refractivity contribution in [1.29, 1.82) is 0 Å². The van der Waals surface area contributed by atoms with E-state index in [0.29, 0.717) is 18.9 Å². The van der Waals surface area contributed by atoms with Crippen LogP contribution in [0.4, 0.5) is 0 Å². The number of rotatable bonds is 8. The van der Waals surface area contributed by atoms with Gasteiger partial charge in [0.2, 0.25) is 0 Å². The Labute approximate surface area is 173 Å². The number of aliphatic imine (C=N–C) groups is 1. The van der Waals surface area contributed by atoms with Crippen LogP contribution in [0.3, 0.4) is 0 Å². The van der Waals surface area contributed by atoms with Crippen LogP contribution in [0.5, 0.6) is 0 Å². The second-order valence-electron chi connectivity index (χ2n) is 7.46. The molecule has 2 N–H and O–H groups in total. The van der Waals surface area contributed by atoms with E-state index in [-0.39, 0.29) is 17.5 Å². The molecule has 1 aliphatic rings. The Morgan fingerprint density at radius 2 is 2.00 bits per heavy atom. The van der Waals surface area contributed by atoms with Crippen LogP contribution in [0.25, 0.3) is 0 Å². The second kappa shape index (κ2) is 9.93. The summed E-state index contributed by atoms with van der Waals surface area (Å²) in [6.07, 6.45) is 2.32. The molecule has 1 unspecified atom stereocenters. The molecule has 29 heavy (non-hydrogen) atoms. The van der Waals surface area contributed by atoms with Crippen molar-refractivity contribution >= 4 is 15.8 Å². The van der Waals surface area contributed by atoms with Crippen molar-refractivity contribution in [3.05, 3.63) is 59.5 Å². The molecule has 7 nitrogen and oxygen atoms in total. The van der Waals surface area contributed by atoms with Crippen molar-refractivity contribution in [2.45, 2.75) is 39.0 Å². The van der Waals surface area contributed by atoms with Gasteiger partial charge in [0, 0.05) is 19.1 Å². The van der Waals surface area contributed by atoms with Gasteiger partial charge in [0.15, 0.2) is 15.8 Å². The summed E-state index contributed by atoms with van der Waals surface area (Å²) in [4.78, 5) is 6.90. The zero-order chi connectivity index (χ0) is 20.7. The van der Waals surface area contributed by atoms with E-state index in [2.05, 4.69) is 34.7 Å². The molecule has 1 aromatic heterocycles. The van der Waals surface area contributed by atoms with Gasteiger partial charge in [-0.1, -0.05) is 24.3 Å². The van der Waals surface area contributed by atoms with Crippen LogP contribution >= 0.6 is 0 Å². The topological polar surface area (TPSA) is 86.9 Å². The predicted octanol–water partition coefficient (Wildman–Crippen LogP) is 2.15. The largest absolute Gasteiger partial charge is 0.468 e. The minimum Gasteiger partial charge on any atom is -0.468 e. The van der Waals surface area contributed by atoms with E-state index in [1.54, 1.807) is 6.26 Å². The fraction of sp³-hybridized carbons (Fsp3) is 0.476. The van der Waals surface area contributed by atoms with Gasteiger partial charge in [-0.05, 0) is 43.7 Å².